The van der Waals surface area contributed by atoms with Gasteiger partial charge in [0.2, 0.25) is 11.8 Å². The van der Waals surface area contributed by atoms with Crippen molar-refractivity contribution in [1.82, 2.24) is 14.4 Å². The maximum Gasteiger partial charge on any atom is 0.242 e. The minimum Gasteiger partial charge on any atom is -0.345 e. The molecule has 2 fully saturated rings. The Morgan fingerprint density at radius 1 is 1.12 bits per heavy atom. The van der Waals surface area contributed by atoms with Gasteiger partial charge in [0.1, 0.15) is 6.54 Å². The van der Waals surface area contributed by atoms with E-state index < -0.39 is 5.41 Å². The normalized spacial score (nSPS) is 23.2. The molecule has 2 amide bonds. The van der Waals surface area contributed by atoms with Crippen molar-refractivity contribution >= 4 is 22.7 Å². The minimum absolute atomic E-state index is 0.00305. The first-order chi connectivity index (χ1) is 12.5. The smallest absolute Gasteiger partial charge is 0.242 e. The van der Waals surface area contributed by atoms with E-state index in [0.717, 1.165) is 31.3 Å². The van der Waals surface area contributed by atoms with Crippen LogP contribution in [0.5, 0.6) is 0 Å². The molecule has 0 aliphatic carbocycles. The van der Waals surface area contributed by atoms with Gasteiger partial charge in [-0.3, -0.25) is 14.4 Å². The summed E-state index contributed by atoms with van der Waals surface area (Å²) in [6.07, 6.45) is 4.27. The fraction of sp³-hybridized carbons (Fsp3) is 0.450. The van der Waals surface area contributed by atoms with Crippen LogP contribution in [0.3, 0.4) is 0 Å². The lowest BCUT2D eigenvalue weighted by molar-refractivity contribution is -0.144. The van der Waals surface area contributed by atoms with Gasteiger partial charge in [-0.25, -0.2) is 0 Å². The summed E-state index contributed by atoms with van der Waals surface area (Å²) in [5.41, 5.74) is 0.324. The monoisotopic (exact) mass is 353 g/mol. The largest absolute Gasteiger partial charge is 0.345 e. The summed E-state index contributed by atoms with van der Waals surface area (Å²) in [6.45, 7) is 2.11. The number of rotatable bonds is 2. The SMILES string of the molecule is CN1CCC[C@]2(CCN(C(=O)Cn3ccc(=O)c4ccccc43)C2)C1=O. The van der Waals surface area contributed by atoms with Gasteiger partial charge in [0.15, 0.2) is 5.43 Å². The third-order valence-corrected chi connectivity index (χ3v) is 5.85. The standard InChI is InChI=1S/C20H23N3O3/c1-21-10-4-8-20(19(21)26)9-12-23(14-20)18(25)13-22-11-7-17(24)15-5-2-3-6-16(15)22/h2-3,5-7,11H,4,8-10,12-14H2,1H3/t20-/m1/s1. The summed E-state index contributed by atoms with van der Waals surface area (Å²) in [5, 5.41) is 0.616. The Balaban J connectivity index is 1.54. The van der Waals surface area contributed by atoms with Crippen LogP contribution in [0.4, 0.5) is 0 Å². The van der Waals surface area contributed by atoms with E-state index in [2.05, 4.69) is 0 Å². The second-order valence-corrected chi connectivity index (χ2v) is 7.50. The van der Waals surface area contributed by atoms with Crippen LogP contribution in [0.2, 0.25) is 0 Å². The van der Waals surface area contributed by atoms with Gasteiger partial charge in [-0.15, -0.1) is 0 Å². The van der Waals surface area contributed by atoms with Crippen LogP contribution < -0.4 is 5.43 Å². The van der Waals surface area contributed by atoms with Crippen molar-refractivity contribution in [2.24, 2.45) is 5.41 Å². The van der Waals surface area contributed by atoms with E-state index in [1.54, 1.807) is 17.2 Å². The predicted molar refractivity (Wildman–Crippen MR) is 98.7 cm³/mol. The molecule has 1 spiro atoms. The summed E-state index contributed by atoms with van der Waals surface area (Å²) < 4.78 is 1.82. The van der Waals surface area contributed by atoms with E-state index in [1.807, 2.05) is 34.7 Å². The highest BCUT2D eigenvalue weighted by Crippen LogP contribution is 2.39. The Morgan fingerprint density at radius 2 is 1.92 bits per heavy atom. The topological polar surface area (TPSA) is 62.6 Å². The first-order valence-electron chi connectivity index (χ1n) is 9.12. The van der Waals surface area contributed by atoms with Gasteiger partial charge in [-0.2, -0.15) is 0 Å². The molecule has 2 saturated heterocycles. The molecule has 0 radical (unpaired) electrons. The maximum absolute atomic E-state index is 12.9. The predicted octanol–water partition coefficient (Wildman–Crippen LogP) is 1.47. The van der Waals surface area contributed by atoms with E-state index in [9.17, 15) is 14.4 Å². The number of nitrogens with zero attached hydrogens (tertiary/aromatic N) is 3. The summed E-state index contributed by atoms with van der Waals surface area (Å²) in [5.74, 6) is 0.171. The van der Waals surface area contributed by atoms with Crippen molar-refractivity contribution < 1.29 is 9.59 Å². The van der Waals surface area contributed by atoms with Crippen LogP contribution in [0, 0.1) is 5.41 Å². The minimum atomic E-state index is -0.395. The summed E-state index contributed by atoms with van der Waals surface area (Å²) >= 11 is 0. The molecule has 2 aliphatic heterocycles. The quantitative estimate of drug-likeness (QED) is 0.821. The van der Waals surface area contributed by atoms with Crippen molar-refractivity contribution in [2.75, 3.05) is 26.7 Å². The Morgan fingerprint density at radius 3 is 2.77 bits per heavy atom. The van der Waals surface area contributed by atoms with E-state index in [1.165, 1.54) is 6.07 Å². The van der Waals surface area contributed by atoms with E-state index >= 15 is 0 Å². The zero-order valence-electron chi connectivity index (χ0n) is 15.0. The number of likely N-dealkylation sites (tertiary alicyclic amines) is 2. The van der Waals surface area contributed by atoms with Crippen molar-refractivity contribution in [3.05, 3.63) is 46.8 Å². The molecule has 0 saturated carbocycles. The van der Waals surface area contributed by atoms with Crippen LogP contribution in [-0.4, -0.2) is 52.9 Å². The van der Waals surface area contributed by atoms with Crippen LogP contribution >= 0.6 is 0 Å². The van der Waals surface area contributed by atoms with Gasteiger partial charge in [0.05, 0.1) is 10.9 Å². The molecule has 0 unspecified atom stereocenters. The van der Waals surface area contributed by atoms with Gasteiger partial charge in [-0.1, -0.05) is 12.1 Å². The van der Waals surface area contributed by atoms with Gasteiger partial charge < -0.3 is 14.4 Å². The number of fused-ring (bicyclic) bond motifs is 1. The molecule has 1 aromatic carbocycles. The van der Waals surface area contributed by atoms with Crippen molar-refractivity contribution in [3.8, 4) is 0 Å². The number of piperidine rings is 1. The van der Waals surface area contributed by atoms with Crippen LogP contribution in [-0.2, 0) is 16.1 Å². The molecule has 3 heterocycles. The second kappa shape index (κ2) is 6.27. The van der Waals surface area contributed by atoms with Crippen LogP contribution in [0.15, 0.2) is 41.3 Å². The summed E-state index contributed by atoms with van der Waals surface area (Å²) in [4.78, 5) is 41.1. The zero-order valence-corrected chi connectivity index (χ0v) is 15.0. The van der Waals surface area contributed by atoms with E-state index in [0.29, 0.717) is 18.5 Å². The molecule has 2 aromatic rings. The summed E-state index contributed by atoms with van der Waals surface area (Å²) in [7, 11) is 1.85. The average molecular weight is 353 g/mol. The van der Waals surface area contributed by atoms with Gasteiger partial charge in [-0.05, 0) is 31.4 Å². The number of benzene rings is 1. The molecule has 136 valence electrons. The second-order valence-electron chi connectivity index (χ2n) is 7.50. The maximum atomic E-state index is 12.9. The number of para-hydroxylation sites is 1. The number of amides is 2. The lowest BCUT2D eigenvalue weighted by Crippen LogP contribution is -2.48. The fourth-order valence-corrected chi connectivity index (χ4v) is 4.38. The Labute approximate surface area is 152 Å². The molecule has 4 rings (SSSR count). The lowest BCUT2D eigenvalue weighted by Gasteiger charge is -2.37. The zero-order chi connectivity index (χ0) is 18.3. The van der Waals surface area contributed by atoms with Gasteiger partial charge in [0.25, 0.3) is 0 Å². The molecule has 0 N–H and O–H groups in total. The summed E-state index contributed by atoms with van der Waals surface area (Å²) in [6, 6.07) is 8.82. The average Bonchev–Trinajstić information content (AvgIpc) is 3.07. The molecule has 0 bridgehead atoms. The number of pyridine rings is 1. The van der Waals surface area contributed by atoms with Gasteiger partial charge >= 0.3 is 0 Å². The number of carbonyl (C=O) groups excluding carboxylic acids is 2. The fourth-order valence-electron chi connectivity index (χ4n) is 4.38. The van der Waals surface area contributed by atoms with Crippen LogP contribution in [0.25, 0.3) is 10.9 Å². The molecule has 6 heteroatoms. The molecule has 1 atom stereocenters. The molecule has 1 aromatic heterocycles. The highest BCUT2D eigenvalue weighted by atomic mass is 16.2. The lowest BCUT2D eigenvalue weighted by atomic mass is 9.78. The number of hydrogen-bond acceptors (Lipinski definition) is 3. The first kappa shape index (κ1) is 16.8. The highest BCUT2D eigenvalue weighted by molar-refractivity contribution is 5.86. The molecule has 6 nitrogen and oxygen atoms in total. The molecular weight excluding hydrogens is 330 g/mol. The molecule has 2 aliphatic rings. The van der Waals surface area contributed by atoms with Gasteiger partial charge in [0, 0.05) is 44.3 Å². The Bertz CT molecular complexity index is 935. The molecular formula is C20H23N3O3. The number of hydrogen-bond donors (Lipinski definition) is 0. The first-order valence-corrected chi connectivity index (χ1v) is 9.12. The molecule has 26 heavy (non-hydrogen) atoms. The van der Waals surface area contributed by atoms with Crippen molar-refractivity contribution in [1.29, 1.82) is 0 Å². The Kier molecular flexibility index (Phi) is 4.05. The third-order valence-electron chi connectivity index (χ3n) is 5.85. The van der Waals surface area contributed by atoms with E-state index in [-0.39, 0.29) is 23.8 Å². The van der Waals surface area contributed by atoms with E-state index in [4.69, 9.17) is 0 Å². The van der Waals surface area contributed by atoms with Crippen molar-refractivity contribution in [2.45, 2.75) is 25.8 Å². The highest BCUT2D eigenvalue weighted by Gasteiger charge is 2.48. The Hall–Kier alpha value is -2.63. The van der Waals surface area contributed by atoms with Crippen molar-refractivity contribution in [3.63, 3.8) is 0 Å². The third kappa shape index (κ3) is 2.69. The number of aromatic nitrogens is 1. The number of carbonyl (C=O) groups is 2. The van der Waals surface area contributed by atoms with Crippen LogP contribution in [0.1, 0.15) is 19.3 Å².